The van der Waals surface area contributed by atoms with Gasteiger partial charge in [0.25, 0.3) is 0 Å². The van der Waals surface area contributed by atoms with Gasteiger partial charge >= 0.3 is 11.9 Å². The fourth-order valence-electron chi connectivity index (χ4n) is 5.01. The van der Waals surface area contributed by atoms with Crippen molar-refractivity contribution in [3.63, 3.8) is 0 Å². The van der Waals surface area contributed by atoms with E-state index in [0.29, 0.717) is 32.1 Å². The summed E-state index contributed by atoms with van der Waals surface area (Å²) in [6.07, 6.45) is 19.0. The quantitative estimate of drug-likeness (QED) is 0.0747. The van der Waals surface area contributed by atoms with Crippen molar-refractivity contribution in [3.8, 4) is 0 Å². The van der Waals surface area contributed by atoms with Crippen molar-refractivity contribution in [3.05, 3.63) is 24.3 Å². The van der Waals surface area contributed by atoms with Crippen LogP contribution in [0.5, 0.6) is 0 Å². The standard InChI is InChI=1S/C33H56O8/c1-3-5-7-8-9-10-15-19-32(38)40-24-27(35)25-41-33(39)20-16-12-11-14-18-28-29(31(37)23-30(28)36)22-21-26(34)17-13-6-4-2/h11,14,21-22,26-29,31,34-35,37H,3-10,12-13,15-20,23-25H2,1-2H3/b14-11-,22-21+/t26-,27-,28+,29+,31+/m0/s1. The van der Waals surface area contributed by atoms with Crippen LogP contribution < -0.4 is 0 Å². The highest BCUT2D eigenvalue weighted by Crippen LogP contribution is 2.33. The lowest BCUT2D eigenvalue weighted by Gasteiger charge is -2.16. The van der Waals surface area contributed by atoms with Crippen LogP contribution in [0.4, 0.5) is 0 Å². The Kier molecular flexibility index (Phi) is 21.2. The molecule has 1 fully saturated rings. The van der Waals surface area contributed by atoms with Gasteiger partial charge in [0.15, 0.2) is 0 Å². The smallest absolute Gasteiger partial charge is 0.305 e. The summed E-state index contributed by atoms with van der Waals surface area (Å²) in [7, 11) is 0. The minimum atomic E-state index is -1.05. The average Bonchev–Trinajstić information content (AvgIpc) is 3.22. The second-order valence-electron chi connectivity index (χ2n) is 11.4. The normalized spacial score (nSPS) is 20.6. The molecule has 1 aliphatic rings. The van der Waals surface area contributed by atoms with E-state index in [9.17, 15) is 29.7 Å². The third kappa shape index (κ3) is 18.2. The minimum Gasteiger partial charge on any atom is -0.463 e. The molecule has 0 spiro atoms. The number of ether oxygens (including phenoxy) is 2. The third-order valence-electron chi connectivity index (χ3n) is 7.56. The number of aliphatic hydroxyl groups is 3. The number of rotatable bonds is 24. The van der Waals surface area contributed by atoms with Crippen LogP contribution in [-0.4, -0.2) is 64.6 Å². The number of carbonyl (C=O) groups is 3. The van der Waals surface area contributed by atoms with Gasteiger partial charge < -0.3 is 24.8 Å². The number of carbonyl (C=O) groups excluding carboxylic acids is 3. The Morgan fingerprint density at radius 3 is 2.10 bits per heavy atom. The van der Waals surface area contributed by atoms with Gasteiger partial charge in [0.2, 0.25) is 0 Å². The number of allylic oxidation sites excluding steroid dienone is 2. The topological polar surface area (TPSA) is 130 Å². The van der Waals surface area contributed by atoms with Crippen molar-refractivity contribution < 1.29 is 39.2 Å². The Hall–Kier alpha value is -2.03. The summed E-state index contributed by atoms with van der Waals surface area (Å²) in [4.78, 5) is 36.1. The number of ketones is 1. The molecule has 0 heterocycles. The molecule has 0 bridgehead atoms. The molecule has 0 saturated heterocycles. The first kappa shape index (κ1) is 37.0. The molecule has 3 N–H and O–H groups in total. The first-order chi connectivity index (χ1) is 19.8. The predicted octanol–water partition coefficient (Wildman–Crippen LogP) is 5.75. The van der Waals surface area contributed by atoms with Gasteiger partial charge in [-0.3, -0.25) is 14.4 Å². The van der Waals surface area contributed by atoms with Gasteiger partial charge in [-0.15, -0.1) is 0 Å². The minimum absolute atomic E-state index is 0.0305. The molecule has 0 aliphatic heterocycles. The van der Waals surface area contributed by atoms with Crippen molar-refractivity contribution in [2.75, 3.05) is 13.2 Å². The highest BCUT2D eigenvalue weighted by Gasteiger charge is 2.39. The fraction of sp³-hybridized carbons (Fsp3) is 0.788. The van der Waals surface area contributed by atoms with E-state index < -0.39 is 24.3 Å². The molecule has 0 aromatic heterocycles. The third-order valence-corrected chi connectivity index (χ3v) is 7.56. The number of esters is 2. The number of Topliss-reactive ketones (excluding diaryl/α,β-unsaturated/α-hetero) is 1. The zero-order valence-electron chi connectivity index (χ0n) is 25.5. The second kappa shape index (κ2) is 23.5. The van der Waals surface area contributed by atoms with E-state index in [1.165, 1.54) is 25.7 Å². The van der Waals surface area contributed by atoms with Gasteiger partial charge in [0.05, 0.1) is 12.2 Å². The first-order valence-electron chi connectivity index (χ1n) is 16.0. The van der Waals surface area contributed by atoms with Crippen molar-refractivity contribution in [2.24, 2.45) is 11.8 Å². The number of hydrogen-bond donors (Lipinski definition) is 3. The van der Waals surface area contributed by atoms with Crippen molar-refractivity contribution in [2.45, 2.75) is 141 Å². The van der Waals surface area contributed by atoms with Gasteiger partial charge in [0.1, 0.15) is 25.1 Å². The number of unbranched alkanes of at least 4 members (excludes halogenated alkanes) is 9. The first-order valence-corrected chi connectivity index (χ1v) is 16.0. The fourth-order valence-corrected chi connectivity index (χ4v) is 5.01. The Labute approximate surface area is 247 Å². The SMILES string of the molecule is CCCCCCCCCC(=O)OC[C@H](O)COC(=O)CCC/C=C\C[C@H]1C(=O)C[C@@H](O)[C@@H]1/C=C/[C@@H](O)CCCCC. The van der Waals surface area contributed by atoms with Crippen LogP contribution in [0.3, 0.4) is 0 Å². The molecule has 8 nitrogen and oxygen atoms in total. The average molecular weight is 581 g/mol. The van der Waals surface area contributed by atoms with Crippen molar-refractivity contribution in [1.82, 2.24) is 0 Å². The zero-order chi connectivity index (χ0) is 30.3. The summed E-state index contributed by atoms with van der Waals surface area (Å²) in [6, 6.07) is 0. The maximum atomic E-state index is 12.4. The summed E-state index contributed by atoms with van der Waals surface area (Å²) in [6.45, 7) is 3.89. The molecule has 1 aliphatic carbocycles. The molecule has 236 valence electrons. The predicted molar refractivity (Wildman–Crippen MR) is 160 cm³/mol. The largest absolute Gasteiger partial charge is 0.463 e. The summed E-state index contributed by atoms with van der Waals surface area (Å²) in [5.74, 6) is -1.34. The van der Waals surface area contributed by atoms with Crippen molar-refractivity contribution in [1.29, 1.82) is 0 Å². The molecule has 0 aromatic rings. The lowest BCUT2D eigenvalue weighted by molar-refractivity contribution is -0.152. The molecule has 1 rings (SSSR count). The number of aliphatic hydroxyl groups excluding tert-OH is 3. The van der Waals surface area contributed by atoms with Gasteiger partial charge in [0, 0.05) is 31.1 Å². The Bertz CT molecular complexity index is 777. The Balaban J connectivity index is 2.18. The molecular weight excluding hydrogens is 524 g/mol. The molecule has 8 heteroatoms. The monoisotopic (exact) mass is 580 g/mol. The van der Waals surface area contributed by atoms with E-state index in [0.717, 1.165) is 38.5 Å². The lowest BCUT2D eigenvalue weighted by Crippen LogP contribution is -2.25. The van der Waals surface area contributed by atoms with Crippen LogP contribution in [0.25, 0.3) is 0 Å². The maximum Gasteiger partial charge on any atom is 0.305 e. The Morgan fingerprint density at radius 1 is 0.854 bits per heavy atom. The van der Waals surface area contributed by atoms with Crippen LogP contribution >= 0.6 is 0 Å². The van der Waals surface area contributed by atoms with E-state index in [-0.39, 0.29) is 49.6 Å². The maximum absolute atomic E-state index is 12.4. The van der Waals surface area contributed by atoms with Crippen LogP contribution in [0.15, 0.2) is 24.3 Å². The van der Waals surface area contributed by atoms with Crippen LogP contribution in [-0.2, 0) is 23.9 Å². The van der Waals surface area contributed by atoms with Crippen LogP contribution in [0.2, 0.25) is 0 Å². The summed E-state index contributed by atoms with van der Waals surface area (Å²) in [5, 5.41) is 30.4. The molecule has 0 amide bonds. The molecule has 5 atom stereocenters. The Morgan fingerprint density at radius 2 is 1.44 bits per heavy atom. The van der Waals surface area contributed by atoms with E-state index >= 15 is 0 Å². The van der Waals surface area contributed by atoms with Gasteiger partial charge in [-0.05, 0) is 32.1 Å². The summed E-state index contributed by atoms with van der Waals surface area (Å²) >= 11 is 0. The van der Waals surface area contributed by atoms with Crippen LogP contribution in [0, 0.1) is 11.8 Å². The van der Waals surface area contributed by atoms with E-state index in [1.807, 2.05) is 12.2 Å². The molecule has 1 saturated carbocycles. The van der Waals surface area contributed by atoms with E-state index in [1.54, 1.807) is 12.2 Å². The second-order valence-corrected chi connectivity index (χ2v) is 11.4. The van der Waals surface area contributed by atoms with Gasteiger partial charge in [-0.2, -0.15) is 0 Å². The molecule has 0 unspecified atom stereocenters. The summed E-state index contributed by atoms with van der Waals surface area (Å²) < 4.78 is 10.2. The van der Waals surface area contributed by atoms with E-state index in [4.69, 9.17) is 9.47 Å². The molecular formula is C33H56O8. The zero-order valence-corrected chi connectivity index (χ0v) is 25.5. The van der Waals surface area contributed by atoms with Crippen LogP contribution in [0.1, 0.15) is 123 Å². The lowest BCUT2D eigenvalue weighted by atomic mass is 9.90. The molecule has 0 aromatic carbocycles. The highest BCUT2D eigenvalue weighted by molar-refractivity contribution is 5.84. The molecule has 0 radical (unpaired) electrons. The van der Waals surface area contributed by atoms with Crippen molar-refractivity contribution >= 4 is 17.7 Å². The van der Waals surface area contributed by atoms with E-state index in [2.05, 4.69) is 13.8 Å². The highest BCUT2D eigenvalue weighted by atomic mass is 16.6. The number of hydrogen-bond acceptors (Lipinski definition) is 8. The summed E-state index contributed by atoms with van der Waals surface area (Å²) in [5.41, 5.74) is 0. The molecule has 41 heavy (non-hydrogen) atoms. The van der Waals surface area contributed by atoms with Gasteiger partial charge in [-0.1, -0.05) is 95.9 Å². The van der Waals surface area contributed by atoms with Gasteiger partial charge in [-0.25, -0.2) is 0 Å².